The standard InChI is InChI=1S/C12H21N3S/c1-10(8-14-12(2,3)4)9-16-11-13-6-7-15(11)5/h6-7,14H,1,8-9H2,2-5H3. The molecule has 0 saturated heterocycles. The van der Waals surface area contributed by atoms with E-state index >= 15 is 0 Å². The van der Waals surface area contributed by atoms with Crippen LogP contribution in [-0.4, -0.2) is 27.4 Å². The van der Waals surface area contributed by atoms with Gasteiger partial charge in [-0.25, -0.2) is 4.98 Å². The van der Waals surface area contributed by atoms with Crippen molar-refractivity contribution in [3.63, 3.8) is 0 Å². The van der Waals surface area contributed by atoms with E-state index in [1.165, 1.54) is 5.57 Å². The summed E-state index contributed by atoms with van der Waals surface area (Å²) in [6.45, 7) is 11.4. The summed E-state index contributed by atoms with van der Waals surface area (Å²) in [4.78, 5) is 4.26. The van der Waals surface area contributed by atoms with Gasteiger partial charge in [-0.1, -0.05) is 23.9 Å². The van der Waals surface area contributed by atoms with Gasteiger partial charge < -0.3 is 9.88 Å². The maximum absolute atomic E-state index is 4.26. The Morgan fingerprint density at radius 1 is 1.56 bits per heavy atom. The Hall–Kier alpha value is -0.740. The molecule has 0 bridgehead atoms. The third-order valence-electron chi connectivity index (χ3n) is 2.05. The van der Waals surface area contributed by atoms with E-state index in [1.54, 1.807) is 11.8 Å². The highest BCUT2D eigenvalue weighted by molar-refractivity contribution is 7.99. The molecule has 1 aromatic rings. The van der Waals surface area contributed by atoms with E-state index in [2.05, 4.69) is 37.7 Å². The predicted octanol–water partition coefficient (Wildman–Crippen LogP) is 2.46. The highest BCUT2D eigenvalue weighted by atomic mass is 32.2. The van der Waals surface area contributed by atoms with Gasteiger partial charge in [0.15, 0.2) is 5.16 Å². The predicted molar refractivity (Wildman–Crippen MR) is 70.8 cm³/mol. The Morgan fingerprint density at radius 3 is 2.75 bits per heavy atom. The van der Waals surface area contributed by atoms with Gasteiger partial charge in [-0.15, -0.1) is 0 Å². The summed E-state index contributed by atoms with van der Waals surface area (Å²) >= 11 is 1.72. The van der Waals surface area contributed by atoms with Crippen LogP contribution in [0.25, 0.3) is 0 Å². The Labute approximate surface area is 102 Å². The molecule has 0 spiro atoms. The van der Waals surface area contributed by atoms with E-state index in [0.717, 1.165) is 17.5 Å². The van der Waals surface area contributed by atoms with Crippen molar-refractivity contribution < 1.29 is 0 Å². The van der Waals surface area contributed by atoms with Gasteiger partial charge in [0.05, 0.1) is 0 Å². The zero-order valence-corrected chi connectivity index (χ0v) is 11.4. The molecule has 0 aliphatic rings. The van der Waals surface area contributed by atoms with Crippen LogP contribution in [0.2, 0.25) is 0 Å². The molecule has 0 fully saturated rings. The van der Waals surface area contributed by atoms with Gasteiger partial charge in [0.25, 0.3) is 0 Å². The number of nitrogens with zero attached hydrogens (tertiary/aromatic N) is 2. The zero-order valence-electron chi connectivity index (χ0n) is 10.6. The van der Waals surface area contributed by atoms with Crippen LogP contribution in [0.3, 0.4) is 0 Å². The molecule has 1 N–H and O–H groups in total. The topological polar surface area (TPSA) is 29.9 Å². The van der Waals surface area contributed by atoms with Crippen molar-refractivity contribution in [1.82, 2.24) is 14.9 Å². The molecular formula is C12H21N3S. The number of aryl methyl sites for hydroxylation is 1. The Kier molecular flexibility index (Phi) is 4.62. The number of hydrogen-bond donors (Lipinski definition) is 1. The highest BCUT2D eigenvalue weighted by Crippen LogP contribution is 2.17. The molecule has 90 valence electrons. The second-order valence-corrected chi connectivity index (χ2v) is 5.91. The first kappa shape index (κ1) is 13.3. The van der Waals surface area contributed by atoms with Crippen molar-refractivity contribution in [1.29, 1.82) is 0 Å². The largest absolute Gasteiger partial charge is 0.329 e. The number of thioether (sulfide) groups is 1. The van der Waals surface area contributed by atoms with Crippen molar-refractivity contribution in [2.75, 3.05) is 12.3 Å². The van der Waals surface area contributed by atoms with E-state index in [1.807, 2.05) is 24.0 Å². The van der Waals surface area contributed by atoms with Gasteiger partial charge in [0.2, 0.25) is 0 Å². The fourth-order valence-corrected chi connectivity index (χ4v) is 1.93. The molecule has 16 heavy (non-hydrogen) atoms. The van der Waals surface area contributed by atoms with Crippen molar-refractivity contribution in [3.8, 4) is 0 Å². The van der Waals surface area contributed by atoms with Crippen LogP contribution in [0.1, 0.15) is 20.8 Å². The maximum atomic E-state index is 4.26. The van der Waals surface area contributed by atoms with Gasteiger partial charge in [0.1, 0.15) is 0 Å². The lowest BCUT2D eigenvalue weighted by molar-refractivity contribution is 0.445. The molecule has 1 heterocycles. The summed E-state index contributed by atoms with van der Waals surface area (Å²) in [5, 5.41) is 4.47. The summed E-state index contributed by atoms with van der Waals surface area (Å²) in [5.41, 5.74) is 1.35. The molecule has 0 amide bonds. The second-order valence-electron chi connectivity index (χ2n) is 4.96. The van der Waals surface area contributed by atoms with Crippen molar-refractivity contribution in [2.45, 2.75) is 31.5 Å². The average molecular weight is 239 g/mol. The van der Waals surface area contributed by atoms with Gasteiger partial charge in [-0.3, -0.25) is 0 Å². The number of hydrogen-bond acceptors (Lipinski definition) is 3. The minimum atomic E-state index is 0.150. The number of imidazole rings is 1. The van der Waals surface area contributed by atoms with E-state index in [0.29, 0.717) is 0 Å². The lowest BCUT2D eigenvalue weighted by atomic mass is 10.1. The van der Waals surface area contributed by atoms with Crippen LogP contribution in [0.15, 0.2) is 29.7 Å². The summed E-state index contributed by atoms with van der Waals surface area (Å²) in [7, 11) is 2.01. The van der Waals surface area contributed by atoms with Gasteiger partial charge in [-0.05, 0) is 20.8 Å². The van der Waals surface area contributed by atoms with Crippen LogP contribution in [0.4, 0.5) is 0 Å². The third kappa shape index (κ3) is 4.86. The Morgan fingerprint density at radius 2 is 2.25 bits per heavy atom. The summed E-state index contributed by atoms with van der Waals surface area (Å²) in [6, 6.07) is 0. The van der Waals surface area contributed by atoms with E-state index < -0.39 is 0 Å². The van der Waals surface area contributed by atoms with Crippen molar-refractivity contribution >= 4 is 11.8 Å². The smallest absolute Gasteiger partial charge is 0.167 e. The van der Waals surface area contributed by atoms with Crippen molar-refractivity contribution in [2.24, 2.45) is 7.05 Å². The van der Waals surface area contributed by atoms with Crippen LogP contribution in [0, 0.1) is 0 Å². The lowest BCUT2D eigenvalue weighted by Gasteiger charge is -2.21. The normalized spacial score (nSPS) is 11.8. The maximum Gasteiger partial charge on any atom is 0.167 e. The molecule has 0 atom stereocenters. The third-order valence-corrected chi connectivity index (χ3v) is 3.26. The first-order valence-corrected chi connectivity index (χ1v) is 6.39. The molecule has 1 rings (SSSR count). The molecule has 0 aliphatic carbocycles. The average Bonchev–Trinajstić information content (AvgIpc) is 2.57. The Balaban J connectivity index is 2.29. The van der Waals surface area contributed by atoms with Gasteiger partial charge in [-0.2, -0.15) is 0 Å². The van der Waals surface area contributed by atoms with E-state index in [9.17, 15) is 0 Å². The molecule has 0 unspecified atom stereocenters. The Bertz CT molecular complexity index is 349. The molecule has 1 aromatic heterocycles. The van der Waals surface area contributed by atoms with Gasteiger partial charge in [0, 0.05) is 37.3 Å². The molecule has 0 aromatic carbocycles. The fraction of sp³-hybridized carbons (Fsp3) is 0.583. The summed E-state index contributed by atoms with van der Waals surface area (Å²) in [6.07, 6.45) is 3.77. The lowest BCUT2D eigenvalue weighted by Crippen LogP contribution is -2.37. The SMILES string of the molecule is C=C(CNC(C)(C)C)CSc1nccn1C. The minimum absolute atomic E-state index is 0.150. The number of nitrogens with one attached hydrogen (secondary N) is 1. The van der Waals surface area contributed by atoms with Crippen LogP contribution in [-0.2, 0) is 7.05 Å². The van der Waals surface area contributed by atoms with Crippen LogP contribution in [0.5, 0.6) is 0 Å². The first-order chi connectivity index (χ1) is 7.38. The molecule has 0 saturated carbocycles. The number of rotatable bonds is 5. The minimum Gasteiger partial charge on any atom is -0.329 e. The van der Waals surface area contributed by atoms with Crippen LogP contribution >= 0.6 is 11.8 Å². The second kappa shape index (κ2) is 5.55. The van der Waals surface area contributed by atoms with Crippen molar-refractivity contribution in [3.05, 3.63) is 24.5 Å². The first-order valence-electron chi connectivity index (χ1n) is 5.40. The number of aromatic nitrogens is 2. The zero-order chi connectivity index (χ0) is 12.2. The molecule has 0 radical (unpaired) electrons. The van der Waals surface area contributed by atoms with Crippen LogP contribution < -0.4 is 5.32 Å². The molecule has 4 heteroatoms. The highest BCUT2D eigenvalue weighted by Gasteiger charge is 2.09. The monoisotopic (exact) mass is 239 g/mol. The van der Waals surface area contributed by atoms with E-state index in [-0.39, 0.29) is 5.54 Å². The summed E-state index contributed by atoms with van der Waals surface area (Å²) in [5.74, 6) is 0.911. The fourth-order valence-electron chi connectivity index (χ4n) is 1.10. The quantitative estimate of drug-likeness (QED) is 0.632. The van der Waals surface area contributed by atoms with Gasteiger partial charge >= 0.3 is 0 Å². The molecule has 3 nitrogen and oxygen atoms in total. The molecule has 0 aliphatic heterocycles. The van der Waals surface area contributed by atoms with E-state index in [4.69, 9.17) is 0 Å². The molecular weight excluding hydrogens is 218 g/mol. The summed E-state index contributed by atoms with van der Waals surface area (Å²) < 4.78 is 2.02.